The quantitative estimate of drug-likeness (QED) is 0.862. The van der Waals surface area contributed by atoms with Gasteiger partial charge in [-0.3, -0.25) is 4.79 Å². The molecule has 1 atom stereocenters. The Hall–Kier alpha value is -0.540. The van der Waals surface area contributed by atoms with Crippen LogP contribution in [0.15, 0.2) is 18.2 Å². The summed E-state index contributed by atoms with van der Waals surface area (Å²) < 4.78 is 0. The summed E-state index contributed by atoms with van der Waals surface area (Å²) in [5.74, 6) is -0.860. The molecule has 0 amide bonds. The average molecular weight is 278 g/mol. The SMILES string of the molecule is Cc1ccc(CC(Br)C(=O)O)cc1Cl. The zero-order chi connectivity index (χ0) is 10.7. The number of halogens is 2. The van der Waals surface area contributed by atoms with E-state index < -0.39 is 10.8 Å². The van der Waals surface area contributed by atoms with E-state index in [4.69, 9.17) is 16.7 Å². The Morgan fingerprint density at radius 3 is 2.79 bits per heavy atom. The maximum absolute atomic E-state index is 10.6. The molecule has 1 unspecified atom stereocenters. The van der Waals surface area contributed by atoms with Crippen LogP contribution in [-0.4, -0.2) is 15.9 Å². The molecule has 1 aromatic rings. The minimum Gasteiger partial charge on any atom is -0.480 e. The summed E-state index contributed by atoms with van der Waals surface area (Å²) in [6, 6.07) is 5.58. The van der Waals surface area contributed by atoms with Crippen LogP contribution in [0.4, 0.5) is 0 Å². The van der Waals surface area contributed by atoms with Gasteiger partial charge in [0.05, 0.1) is 0 Å². The molecule has 0 spiro atoms. The topological polar surface area (TPSA) is 37.3 Å². The van der Waals surface area contributed by atoms with Gasteiger partial charge in [0.2, 0.25) is 0 Å². The normalized spacial score (nSPS) is 12.5. The monoisotopic (exact) mass is 276 g/mol. The summed E-state index contributed by atoms with van der Waals surface area (Å²) in [6.07, 6.45) is 0.440. The fourth-order valence-electron chi connectivity index (χ4n) is 1.06. The highest BCUT2D eigenvalue weighted by Gasteiger charge is 2.13. The Kier molecular flexibility index (Phi) is 3.96. The number of carbonyl (C=O) groups is 1. The molecule has 1 aromatic carbocycles. The Balaban J connectivity index is 2.78. The van der Waals surface area contributed by atoms with Crippen molar-refractivity contribution in [3.63, 3.8) is 0 Å². The maximum atomic E-state index is 10.6. The standard InChI is InChI=1S/C10H10BrClO2/c1-6-2-3-7(5-9(6)12)4-8(11)10(13)14/h2-3,5,8H,4H2,1H3,(H,13,14). The van der Waals surface area contributed by atoms with Crippen molar-refractivity contribution >= 4 is 33.5 Å². The minimum absolute atomic E-state index is 0.440. The number of aliphatic carboxylic acids is 1. The highest BCUT2D eigenvalue weighted by molar-refractivity contribution is 9.10. The molecule has 0 aromatic heterocycles. The van der Waals surface area contributed by atoms with E-state index in [2.05, 4.69) is 15.9 Å². The zero-order valence-corrected chi connectivity index (χ0v) is 9.97. The van der Waals surface area contributed by atoms with Crippen molar-refractivity contribution in [3.05, 3.63) is 34.3 Å². The van der Waals surface area contributed by atoms with E-state index in [1.807, 2.05) is 19.1 Å². The largest absolute Gasteiger partial charge is 0.480 e. The third kappa shape index (κ3) is 3.00. The molecule has 14 heavy (non-hydrogen) atoms. The van der Waals surface area contributed by atoms with Gasteiger partial charge in [0.25, 0.3) is 0 Å². The molecule has 0 aliphatic heterocycles. The van der Waals surface area contributed by atoms with Crippen molar-refractivity contribution in [2.24, 2.45) is 0 Å². The number of carboxylic acid groups (broad SMARTS) is 1. The molecule has 0 fully saturated rings. The van der Waals surface area contributed by atoms with Crippen molar-refractivity contribution in [2.45, 2.75) is 18.2 Å². The lowest BCUT2D eigenvalue weighted by Gasteiger charge is -2.06. The molecule has 2 nitrogen and oxygen atoms in total. The van der Waals surface area contributed by atoms with Crippen molar-refractivity contribution in [2.75, 3.05) is 0 Å². The smallest absolute Gasteiger partial charge is 0.317 e. The fourth-order valence-corrected chi connectivity index (χ4v) is 1.63. The number of rotatable bonds is 3. The number of alkyl halides is 1. The Bertz CT molecular complexity index is 352. The van der Waals surface area contributed by atoms with Gasteiger partial charge in [-0.1, -0.05) is 39.7 Å². The Morgan fingerprint density at radius 1 is 1.64 bits per heavy atom. The van der Waals surface area contributed by atoms with Gasteiger partial charge in [0.15, 0.2) is 0 Å². The van der Waals surface area contributed by atoms with Gasteiger partial charge < -0.3 is 5.11 Å². The predicted octanol–water partition coefficient (Wildman–Crippen LogP) is 3.04. The maximum Gasteiger partial charge on any atom is 0.317 e. The van der Waals surface area contributed by atoms with Gasteiger partial charge in [-0.2, -0.15) is 0 Å². The van der Waals surface area contributed by atoms with Crippen LogP contribution in [0.25, 0.3) is 0 Å². The molecule has 1 rings (SSSR count). The number of hydrogen-bond acceptors (Lipinski definition) is 1. The molecule has 0 aliphatic rings. The fraction of sp³-hybridized carbons (Fsp3) is 0.300. The van der Waals surface area contributed by atoms with Gasteiger partial charge in [-0.15, -0.1) is 0 Å². The molecule has 0 saturated carbocycles. The average Bonchev–Trinajstić information content (AvgIpc) is 2.11. The predicted molar refractivity (Wildman–Crippen MR) is 60.2 cm³/mol. The van der Waals surface area contributed by atoms with E-state index in [0.717, 1.165) is 11.1 Å². The molecule has 1 N–H and O–H groups in total. The first-order chi connectivity index (χ1) is 6.50. The first-order valence-corrected chi connectivity index (χ1v) is 5.42. The van der Waals surface area contributed by atoms with E-state index in [-0.39, 0.29) is 0 Å². The first-order valence-electron chi connectivity index (χ1n) is 4.12. The lowest BCUT2D eigenvalue weighted by atomic mass is 10.1. The van der Waals surface area contributed by atoms with Crippen LogP contribution < -0.4 is 0 Å². The van der Waals surface area contributed by atoms with E-state index in [0.29, 0.717) is 11.4 Å². The van der Waals surface area contributed by atoms with Crippen LogP contribution in [0, 0.1) is 6.92 Å². The summed E-state index contributed by atoms with van der Waals surface area (Å²) in [6.45, 7) is 1.91. The molecule has 0 radical (unpaired) electrons. The summed E-state index contributed by atoms with van der Waals surface area (Å²) in [7, 11) is 0. The molecule has 0 saturated heterocycles. The first kappa shape index (κ1) is 11.5. The number of hydrogen-bond donors (Lipinski definition) is 1. The highest BCUT2D eigenvalue weighted by atomic mass is 79.9. The van der Waals surface area contributed by atoms with Crippen LogP contribution in [0.2, 0.25) is 5.02 Å². The van der Waals surface area contributed by atoms with E-state index in [1.54, 1.807) is 6.07 Å². The van der Waals surface area contributed by atoms with Crippen LogP contribution in [0.1, 0.15) is 11.1 Å². The molecule has 0 heterocycles. The van der Waals surface area contributed by atoms with Gasteiger partial charge in [-0.25, -0.2) is 0 Å². The van der Waals surface area contributed by atoms with Crippen molar-refractivity contribution in [1.82, 2.24) is 0 Å². The molecular formula is C10H10BrClO2. The number of carboxylic acids is 1. The van der Waals surface area contributed by atoms with E-state index >= 15 is 0 Å². The second kappa shape index (κ2) is 4.80. The van der Waals surface area contributed by atoms with Crippen molar-refractivity contribution < 1.29 is 9.90 Å². The highest BCUT2D eigenvalue weighted by Crippen LogP contribution is 2.19. The van der Waals surface area contributed by atoms with Gasteiger partial charge in [0.1, 0.15) is 4.83 Å². The Labute approximate surface area is 96.0 Å². The van der Waals surface area contributed by atoms with Crippen LogP contribution in [0.5, 0.6) is 0 Å². The summed E-state index contributed by atoms with van der Waals surface area (Å²) in [5.41, 5.74) is 1.92. The van der Waals surface area contributed by atoms with Crippen molar-refractivity contribution in [3.8, 4) is 0 Å². The number of benzene rings is 1. The lowest BCUT2D eigenvalue weighted by Crippen LogP contribution is -2.15. The lowest BCUT2D eigenvalue weighted by molar-refractivity contribution is -0.136. The van der Waals surface area contributed by atoms with E-state index in [1.165, 1.54) is 0 Å². The van der Waals surface area contributed by atoms with Crippen molar-refractivity contribution in [1.29, 1.82) is 0 Å². The molecular weight excluding hydrogens is 267 g/mol. The van der Waals surface area contributed by atoms with Gasteiger partial charge in [0, 0.05) is 5.02 Å². The van der Waals surface area contributed by atoms with Crippen LogP contribution in [0.3, 0.4) is 0 Å². The second-order valence-electron chi connectivity index (χ2n) is 3.09. The van der Waals surface area contributed by atoms with E-state index in [9.17, 15) is 4.79 Å². The van der Waals surface area contributed by atoms with Gasteiger partial charge >= 0.3 is 5.97 Å². The third-order valence-corrected chi connectivity index (χ3v) is 3.04. The zero-order valence-electron chi connectivity index (χ0n) is 7.63. The second-order valence-corrected chi connectivity index (χ2v) is 4.61. The summed E-state index contributed by atoms with van der Waals surface area (Å²) in [5, 5.41) is 9.36. The van der Waals surface area contributed by atoms with Crippen LogP contribution in [-0.2, 0) is 11.2 Å². The van der Waals surface area contributed by atoms with Gasteiger partial charge in [-0.05, 0) is 30.5 Å². The molecule has 4 heteroatoms. The minimum atomic E-state index is -0.860. The molecule has 0 bridgehead atoms. The Morgan fingerprint density at radius 2 is 2.29 bits per heavy atom. The molecule has 0 aliphatic carbocycles. The third-order valence-electron chi connectivity index (χ3n) is 1.92. The summed E-state index contributed by atoms with van der Waals surface area (Å²) >= 11 is 8.99. The number of aryl methyl sites for hydroxylation is 1. The summed E-state index contributed by atoms with van der Waals surface area (Å²) in [4.78, 5) is 10.0. The molecule has 76 valence electrons. The van der Waals surface area contributed by atoms with Crippen LogP contribution >= 0.6 is 27.5 Å².